The highest BCUT2D eigenvalue weighted by molar-refractivity contribution is 5.84. The van der Waals surface area contributed by atoms with Crippen LogP contribution in [0, 0.1) is 0 Å². The second kappa shape index (κ2) is 9.04. The van der Waals surface area contributed by atoms with Crippen molar-refractivity contribution in [1.82, 2.24) is 4.90 Å². The molecule has 0 fully saturated rings. The number of hydrogen-bond donors (Lipinski definition) is 1. The third-order valence-electron chi connectivity index (χ3n) is 3.97. The van der Waals surface area contributed by atoms with E-state index >= 15 is 0 Å². The Morgan fingerprint density at radius 2 is 1.65 bits per heavy atom. The van der Waals surface area contributed by atoms with Gasteiger partial charge in [-0.05, 0) is 44.0 Å². The first kappa shape index (κ1) is 19.5. The minimum absolute atomic E-state index is 0.0440. The Balaban J connectivity index is 2.17. The van der Waals surface area contributed by atoms with Gasteiger partial charge in [0.15, 0.2) is 0 Å². The van der Waals surface area contributed by atoms with Crippen molar-refractivity contribution in [3.63, 3.8) is 0 Å². The van der Waals surface area contributed by atoms with Gasteiger partial charge in [0, 0.05) is 6.54 Å². The van der Waals surface area contributed by atoms with Crippen molar-refractivity contribution in [1.29, 1.82) is 0 Å². The standard InChI is InChI=1S/C21H25NO4/c1-15(2)26-19-11-7-10-18(12-19)13-20(23)22(16(3)21(24)25)14-17-8-5-4-6-9-17/h4-12,15-16H,13-14H2,1-3H3,(H,24,25). The summed E-state index contributed by atoms with van der Waals surface area (Å²) in [5.74, 6) is -0.553. The number of carboxylic acids is 1. The molecule has 2 aromatic rings. The molecule has 0 spiro atoms. The van der Waals surface area contributed by atoms with Crippen LogP contribution in [0.4, 0.5) is 0 Å². The molecule has 5 nitrogen and oxygen atoms in total. The van der Waals surface area contributed by atoms with Gasteiger partial charge in [0.1, 0.15) is 11.8 Å². The van der Waals surface area contributed by atoms with Crippen molar-refractivity contribution < 1.29 is 19.4 Å². The topological polar surface area (TPSA) is 66.8 Å². The van der Waals surface area contributed by atoms with Crippen molar-refractivity contribution in [2.24, 2.45) is 0 Å². The van der Waals surface area contributed by atoms with Crippen LogP contribution in [0.25, 0.3) is 0 Å². The Morgan fingerprint density at radius 1 is 1.00 bits per heavy atom. The van der Waals surface area contributed by atoms with Crippen molar-refractivity contribution >= 4 is 11.9 Å². The molecule has 26 heavy (non-hydrogen) atoms. The summed E-state index contributed by atoms with van der Waals surface area (Å²) in [5, 5.41) is 9.37. The predicted octanol–water partition coefficient (Wildman–Crippen LogP) is 3.52. The van der Waals surface area contributed by atoms with E-state index in [9.17, 15) is 14.7 Å². The number of ether oxygens (including phenoxy) is 1. The van der Waals surface area contributed by atoms with Crippen molar-refractivity contribution in [3.05, 3.63) is 65.7 Å². The largest absolute Gasteiger partial charge is 0.491 e. The first-order valence-corrected chi connectivity index (χ1v) is 8.68. The van der Waals surface area contributed by atoms with E-state index in [0.29, 0.717) is 5.75 Å². The summed E-state index contributed by atoms with van der Waals surface area (Å²) < 4.78 is 5.66. The highest BCUT2D eigenvalue weighted by atomic mass is 16.5. The van der Waals surface area contributed by atoms with Gasteiger partial charge in [-0.2, -0.15) is 0 Å². The van der Waals surface area contributed by atoms with Gasteiger partial charge >= 0.3 is 5.97 Å². The van der Waals surface area contributed by atoms with Crippen LogP contribution in [0.3, 0.4) is 0 Å². The molecule has 0 aromatic heterocycles. The average Bonchev–Trinajstić information content (AvgIpc) is 2.59. The molecule has 0 aliphatic carbocycles. The van der Waals surface area contributed by atoms with E-state index in [1.54, 1.807) is 0 Å². The summed E-state index contributed by atoms with van der Waals surface area (Å²) in [6, 6.07) is 15.8. The first-order chi connectivity index (χ1) is 12.4. The Morgan fingerprint density at radius 3 is 2.27 bits per heavy atom. The number of nitrogens with zero attached hydrogens (tertiary/aromatic N) is 1. The minimum atomic E-state index is -1.02. The summed E-state index contributed by atoms with van der Waals surface area (Å²) in [7, 11) is 0. The third kappa shape index (κ3) is 5.62. The molecule has 1 N–H and O–H groups in total. The lowest BCUT2D eigenvalue weighted by molar-refractivity contribution is -0.149. The molecule has 0 aliphatic heterocycles. The number of benzene rings is 2. The molecule has 0 saturated heterocycles. The van der Waals surface area contributed by atoms with Gasteiger partial charge in [0.2, 0.25) is 5.91 Å². The zero-order valence-electron chi connectivity index (χ0n) is 15.4. The van der Waals surface area contributed by atoms with E-state index in [1.165, 1.54) is 11.8 Å². The molecule has 0 heterocycles. The van der Waals surface area contributed by atoms with Crippen LogP contribution in [0.5, 0.6) is 5.75 Å². The number of hydrogen-bond acceptors (Lipinski definition) is 3. The number of carboxylic acid groups (broad SMARTS) is 1. The van der Waals surface area contributed by atoms with Crippen LogP contribution in [0.15, 0.2) is 54.6 Å². The molecule has 138 valence electrons. The molecule has 0 bridgehead atoms. The smallest absolute Gasteiger partial charge is 0.326 e. The second-order valence-corrected chi connectivity index (χ2v) is 6.51. The number of aliphatic carboxylic acids is 1. The Kier molecular flexibility index (Phi) is 6.78. The Bertz CT molecular complexity index is 743. The van der Waals surface area contributed by atoms with Crippen LogP contribution in [-0.2, 0) is 22.6 Å². The summed E-state index contributed by atoms with van der Waals surface area (Å²) in [5.41, 5.74) is 1.69. The summed E-state index contributed by atoms with van der Waals surface area (Å²) >= 11 is 0. The molecule has 2 aromatic carbocycles. The van der Waals surface area contributed by atoms with Crippen LogP contribution in [0.1, 0.15) is 31.9 Å². The van der Waals surface area contributed by atoms with Crippen molar-refractivity contribution in [3.8, 4) is 5.75 Å². The van der Waals surface area contributed by atoms with Gasteiger partial charge in [0.25, 0.3) is 0 Å². The predicted molar refractivity (Wildman–Crippen MR) is 100.0 cm³/mol. The lowest BCUT2D eigenvalue weighted by Crippen LogP contribution is -2.43. The lowest BCUT2D eigenvalue weighted by atomic mass is 10.1. The molecule has 2 rings (SSSR count). The van der Waals surface area contributed by atoms with Crippen molar-refractivity contribution in [2.75, 3.05) is 0 Å². The lowest BCUT2D eigenvalue weighted by Gasteiger charge is -2.27. The van der Waals surface area contributed by atoms with E-state index < -0.39 is 12.0 Å². The van der Waals surface area contributed by atoms with E-state index in [4.69, 9.17) is 4.74 Å². The first-order valence-electron chi connectivity index (χ1n) is 8.68. The fraction of sp³-hybridized carbons (Fsp3) is 0.333. The van der Waals surface area contributed by atoms with E-state index in [-0.39, 0.29) is 25.0 Å². The van der Waals surface area contributed by atoms with Crippen molar-refractivity contribution in [2.45, 2.75) is 45.9 Å². The van der Waals surface area contributed by atoms with Crippen LogP contribution < -0.4 is 4.74 Å². The van der Waals surface area contributed by atoms with E-state index in [2.05, 4.69) is 0 Å². The molecule has 1 atom stereocenters. The van der Waals surface area contributed by atoms with E-state index in [1.807, 2.05) is 68.4 Å². The average molecular weight is 355 g/mol. The number of carbonyl (C=O) groups excluding carboxylic acids is 1. The Hall–Kier alpha value is -2.82. The molecule has 0 saturated carbocycles. The Labute approximate surface area is 154 Å². The van der Waals surface area contributed by atoms with Gasteiger partial charge in [-0.1, -0.05) is 42.5 Å². The van der Waals surface area contributed by atoms with Crippen LogP contribution in [-0.4, -0.2) is 34.0 Å². The maximum Gasteiger partial charge on any atom is 0.326 e. The van der Waals surface area contributed by atoms with Gasteiger partial charge in [0.05, 0.1) is 12.5 Å². The second-order valence-electron chi connectivity index (χ2n) is 6.51. The fourth-order valence-electron chi connectivity index (χ4n) is 2.63. The molecular weight excluding hydrogens is 330 g/mol. The number of carbonyl (C=O) groups is 2. The molecule has 0 radical (unpaired) electrons. The van der Waals surface area contributed by atoms with E-state index in [0.717, 1.165) is 11.1 Å². The zero-order valence-corrected chi connectivity index (χ0v) is 15.4. The quantitative estimate of drug-likeness (QED) is 0.787. The van der Waals surface area contributed by atoms with Crippen LogP contribution in [0.2, 0.25) is 0 Å². The normalized spacial score (nSPS) is 11.8. The van der Waals surface area contributed by atoms with Gasteiger partial charge in [-0.15, -0.1) is 0 Å². The number of amides is 1. The highest BCUT2D eigenvalue weighted by Crippen LogP contribution is 2.17. The summed E-state index contributed by atoms with van der Waals surface area (Å²) in [6.45, 7) is 5.67. The monoisotopic (exact) mass is 355 g/mol. The summed E-state index contributed by atoms with van der Waals surface area (Å²) in [6.07, 6.45) is 0.169. The summed E-state index contributed by atoms with van der Waals surface area (Å²) in [4.78, 5) is 25.7. The zero-order chi connectivity index (χ0) is 19.1. The molecule has 0 aliphatic rings. The van der Waals surface area contributed by atoms with Gasteiger partial charge in [-0.3, -0.25) is 4.79 Å². The molecule has 1 amide bonds. The SMILES string of the molecule is CC(C)Oc1cccc(CC(=O)N(Cc2ccccc2)C(C)C(=O)O)c1. The maximum absolute atomic E-state index is 12.8. The third-order valence-corrected chi connectivity index (χ3v) is 3.97. The van der Waals surface area contributed by atoms with Gasteiger partial charge < -0.3 is 14.7 Å². The molecule has 5 heteroatoms. The fourth-order valence-corrected chi connectivity index (χ4v) is 2.63. The maximum atomic E-state index is 12.8. The van der Waals surface area contributed by atoms with Crippen LogP contribution >= 0.6 is 0 Å². The highest BCUT2D eigenvalue weighted by Gasteiger charge is 2.25. The van der Waals surface area contributed by atoms with Gasteiger partial charge in [-0.25, -0.2) is 4.79 Å². The molecule has 1 unspecified atom stereocenters. The number of rotatable bonds is 8. The minimum Gasteiger partial charge on any atom is -0.491 e. The molecular formula is C21H25NO4.